The lowest BCUT2D eigenvalue weighted by molar-refractivity contribution is 0.0655. The molecule has 0 unspecified atom stereocenters. The molecule has 6 nitrogen and oxygen atoms in total. The van der Waals surface area contributed by atoms with Crippen LogP contribution >= 0.6 is 0 Å². The third kappa shape index (κ3) is 4.96. The second-order valence-corrected chi connectivity index (χ2v) is 6.23. The molecule has 3 amide bonds. The van der Waals surface area contributed by atoms with Crippen LogP contribution in [0.15, 0.2) is 24.3 Å². The van der Waals surface area contributed by atoms with Gasteiger partial charge in [-0.3, -0.25) is 4.79 Å². The highest BCUT2D eigenvalue weighted by atomic mass is 16.2. The van der Waals surface area contributed by atoms with E-state index in [4.69, 9.17) is 0 Å². The Balaban J connectivity index is 1.91. The molecule has 1 heterocycles. The fourth-order valence-corrected chi connectivity index (χ4v) is 2.57. The molecular weight excluding hydrogens is 292 g/mol. The van der Waals surface area contributed by atoms with E-state index < -0.39 is 0 Å². The van der Waals surface area contributed by atoms with Crippen molar-refractivity contribution in [3.8, 4) is 0 Å². The number of urea groups is 1. The summed E-state index contributed by atoms with van der Waals surface area (Å²) in [6.07, 6.45) is 0. The average molecular weight is 318 g/mol. The van der Waals surface area contributed by atoms with E-state index in [0.717, 1.165) is 25.2 Å². The van der Waals surface area contributed by atoms with Crippen molar-refractivity contribution in [3.63, 3.8) is 0 Å². The molecule has 1 saturated heterocycles. The number of nitrogens with one attached hydrogen (secondary N) is 3. The molecule has 1 aromatic rings. The predicted molar refractivity (Wildman–Crippen MR) is 90.3 cm³/mol. The van der Waals surface area contributed by atoms with Gasteiger partial charge in [-0.2, -0.15) is 0 Å². The third-order valence-corrected chi connectivity index (χ3v) is 3.84. The predicted octanol–water partition coefficient (Wildman–Crippen LogP) is 1.33. The van der Waals surface area contributed by atoms with Gasteiger partial charge in [-0.1, -0.05) is 12.1 Å². The van der Waals surface area contributed by atoms with Crippen LogP contribution in [-0.4, -0.2) is 48.6 Å². The van der Waals surface area contributed by atoms with Gasteiger partial charge >= 0.3 is 6.03 Å². The van der Waals surface area contributed by atoms with E-state index >= 15 is 0 Å². The van der Waals surface area contributed by atoms with Gasteiger partial charge in [0.2, 0.25) is 0 Å². The molecule has 0 saturated carbocycles. The van der Waals surface area contributed by atoms with Gasteiger partial charge in [0.1, 0.15) is 0 Å². The van der Waals surface area contributed by atoms with Crippen molar-refractivity contribution in [3.05, 3.63) is 35.4 Å². The van der Waals surface area contributed by atoms with E-state index in [-0.39, 0.29) is 24.0 Å². The van der Waals surface area contributed by atoms with Crippen LogP contribution in [0.5, 0.6) is 0 Å². The van der Waals surface area contributed by atoms with Crippen molar-refractivity contribution in [1.82, 2.24) is 20.9 Å². The fourth-order valence-electron chi connectivity index (χ4n) is 2.57. The standard InChI is InChI=1S/C17H26N4O2/c1-12(2)20-17(23)19-11-14-4-6-15(7-5-14)16(22)21-9-8-18-10-13(21)3/h4-7,12-13,18H,8-11H2,1-3H3,(H2,19,20,23)/t13-/m1/s1. The number of amides is 3. The lowest BCUT2D eigenvalue weighted by atomic mass is 10.1. The van der Waals surface area contributed by atoms with Gasteiger partial charge in [-0.15, -0.1) is 0 Å². The van der Waals surface area contributed by atoms with Crippen LogP contribution in [0.2, 0.25) is 0 Å². The Bertz CT molecular complexity index is 542. The van der Waals surface area contributed by atoms with Crippen LogP contribution < -0.4 is 16.0 Å². The van der Waals surface area contributed by atoms with E-state index in [1.54, 1.807) is 0 Å². The highest BCUT2D eigenvalue weighted by Gasteiger charge is 2.23. The zero-order valence-electron chi connectivity index (χ0n) is 14.1. The van der Waals surface area contributed by atoms with Crippen LogP contribution in [-0.2, 0) is 6.54 Å². The number of hydrogen-bond donors (Lipinski definition) is 3. The fraction of sp³-hybridized carbons (Fsp3) is 0.529. The van der Waals surface area contributed by atoms with E-state index in [1.807, 2.05) is 43.0 Å². The van der Waals surface area contributed by atoms with E-state index in [1.165, 1.54) is 0 Å². The SMILES string of the molecule is CC(C)NC(=O)NCc1ccc(C(=O)N2CCNC[C@H]2C)cc1. The van der Waals surface area contributed by atoms with Gasteiger partial charge in [-0.05, 0) is 38.5 Å². The summed E-state index contributed by atoms with van der Waals surface area (Å²) >= 11 is 0. The van der Waals surface area contributed by atoms with Crippen molar-refractivity contribution in [2.45, 2.75) is 39.4 Å². The summed E-state index contributed by atoms with van der Waals surface area (Å²) in [5.41, 5.74) is 1.66. The summed E-state index contributed by atoms with van der Waals surface area (Å²) in [6.45, 7) is 8.72. The normalized spacial score (nSPS) is 17.9. The van der Waals surface area contributed by atoms with E-state index in [2.05, 4.69) is 22.9 Å². The third-order valence-electron chi connectivity index (χ3n) is 3.84. The first-order valence-electron chi connectivity index (χ1n) is 8.12. The van der Waals surface area contributed by atoms with Crippen LogP contribution in [0.3, 0.4) is 0 Å². The molecular formula is C17H26N4O2. The first-order chi connectivity index (χ1) is 11.0. The number of nitrogens with zero attached hydrogens (tertiary/aromatic N) is 1. The summed E-state index contributed by atoms with van der Waals surface area (Å²) in [6, 6.07) is 7.55. The molecule has 0 aliphatic carbocycles. The monoisotopic (exact) mass is 318 g/mol. The largest absolute Gasteiger partial charge is 0.336 e. The summed E-state index contributed by atoms with van der Waals surface area (Å²) in [7, 11) is 0. The molecule has 1 aromatic carbocycles. The number of piperazine rings is 1. The second-order valence-electron chi connectivity index (χ2n) is 6.23. The second kappa shape index (κ2) is 7.97. The first-order valence-corrected chi connectivity index (χ1v) is 8.12. The molecule has 0 bridgehead atoms. The Morgan fingerprint density at radius 3 is 2.61 bits per heavy atom. The lowest BCUT2D eigenvalue weighted by Gasteiger charge is -2.34. The number of carbonyl (C=O) groups excluding carboxylic acids is 2. The maximum Gasteiger partial charge on any atom is 0.315 e. The molecule has 2 rings (SSSR count). The molecule has 0 aromatic heterocycles. The number of hydrogen-bond acceptors (Lipinski definition) is 3. The number of carbonyl (C=O) groups is 2. The van der Waals surface area contributed by atoms with Crippen molar-refractivity contribution in [2.24, 2.45) is 0 Å². The molecule has 0 spiro atoms. The molecule has 126 valence electrons. The molecule has 3 N–H and O–H groups in total. The van der Waals surface area contributed by atoms with Gasteiger partial charge in [-0.25, -0.2) is 4.79 Å². The van der Waals surface area contributed by atoms with Gasteiger partial charge in [0.05, 0.1) is 0 Å². The number of benzene rings is 1. The van der Waals surface area contributed by atoms with E-state index in [0.29, 0.717) is 12.1 Å². The minimum Gasteiger partial charge on any atom is -0.336 e. The van der Waals surface area contributed by atoms with Gasteiger partial charge in [0, 0.05) is 43.8 Å². The maximum absolute atomic E-state index is 12.5. The van der Waals surface area contributed by atoms with Crippen LogP contribution in [0.25, 0.3) is 0 Å². The summed E-state index contributed by atoms with van der Waals surface area (Å²) in [4.78, 5) is 26.0. The Labute approximate surface area is 137 Å². The molecule has 1 atom stereocenters. The van der Waals surface area contributed by atoms with Crippen molar-refractivity contribution in [1.29, 1.82) is 0 Å². The zero-order valence-corrected chi connectivity index (χ0v) is 14.1. The Kier molecular flexibility index (Phi) is 5.98. The topological polar surface area (TPSA) is 73.5 Å². The van der Waals surface area contributed by atoms with E-state index in [9.17, 15) is 9.59 Å². The lowest BCUT2D eigenvalue weighted by Crippen LogP contribution is -2.52. The molecule has 0 radical (unpaired) electrons. The van der Waals surface area contributed by atoms with Gasteiger partial charge in [0.15, 0.2) is 0 Å². The number of rotatable bonds is 4. The van der Waals surface area contributed by atoms with Gasteiger partial charge < -0.3 is 20.9 Å². The first kappa shape index (κ1) is 17.3. The quantitative estimate of drug-likeness (QED) is 0.784. The zero-order chi connectivity index (χ0) is 16.8. The van der Waals surface area contributed by atoms with Crippen LogP contribution in [0, 0.1) is 0 Å². The average Bonchev–Trinajstić information content (AvgIpc) is 2.53. The molecule has 23 heavy (non-hydrogen) atoms. The Morgan fingerprint density at radius 2 is 2.00 bits per heavy atom. The molecule has 1 fully saturated rings. The minimum atomic E-state index is -0.185. The van der Waals surface area contributed by atoms with Gasteiger partial charge in [0.25, 0.3) is 5.91 Å². The molecule has 1 aliphatic heterocycles. The van der Waals surface area contributed by atoms with Crippen LogP contribution in [0.1, 0.15) is 36.7 Å². The minimum absolute atomic E-state index is 0.0658. The van der Waals surface area contributed by atoms with Crippen molar-refractivity contribution in [2.75, 3.05) is 19.6 Å². The molecule has 6 heteroatoms. The van der Waals surface area contributed by atoms with Crippen molar-refractivity contribution >= 4 is 11.9 Å². The smallest absolute Gasteiger partial charge is 0.315 e. The highest BCUT2D eigenvalue weighted by molar-refractivity contribution is 5.94. The molecule has 1 aliphatic rings. The highest BCUT2D eigenvalue weighted by Crippen LogP contribution is 2.11. The Hall–Kier alpha value is -2.08. The van der Waals surface area contributed by atoms with Crippen LogP contribution in [0.4, 0.5) is 4.79 Å². The Morgan fingerprint density at radius 1 is 1.30 bits per heavy atom. The maximum atomic E-state index is 12.5. The summed E-state index contributed by atoms with van der Waals surface area (Å²) in [5, 5.41) is 8.85. The summed E-state index contributed by atoms with van der Waals surface area (Å²) < 4.78 is 0. The van der Waals surface area contributed by atoms with Crippen molar-refractivity contribution < 1.29 is 9.59 Å². The summed E-state index contributed by atoms with van der Waals surface area (Å²) in [5.74, 6) is 0.0658.